The Kier molecular flexibility index (Phi) is 9.44. The molecule has 0 bridgehead atoms. The lowest BCUT2D eigenvalue weighted by Gasteiger charge is -2.53. The summed E-state index contributed by atoms with van der Waals surface area (Å²) in [6, 6.07) is 75.3. The van der Waals surface area contributed by atoms with E-state index in [9.17, 15) is 0 Å². The third-order valence-electron chi connectivity index (χ3n) is 18.9. The molecule has 0 saturated heterocycles. The number of para-hydroxylation sites is 2. The van der Waals surface area contributed by atoms with Crippen molar-refractivity contribution in [3.05, 3.63) is 244 Å². The molecule has 15 rings (SSSR count). The Balaban J connectivity index is 1.16. The molecule has 4 heterocycles. The number of hydrogen-bond donors (Lipinski definition) is 0. The molecule has 0 atom stereocenters. The van der Waals surface area contributed by atoms with Crippen LogP contribution in [0.4, 0.5) is 28.4 Å². The lowest BCUT2D eigenvalue weighted by Crippen LogP contribution is -2.62. The second-order valence-corrected chi connectivity index (χ2v) is 26.5. The number of fused-ring (bicyclic) bond motifs is 13. The monoisotopic (exact) mass is 998 g/mol. The van der Waals surface area contributed by atoms with Crippen LogP contribution in [0.1, 0.15) is 125 Å². The van der Waals surface area contributed by atoms with E-state index in [4.69, 9.17) is 0 Å². The Labute approximate surface area is 453 Å². The van der Waals surface area contributed by atoms with Gasteiger partial charge in [0.15, 0.2) is 0 Å². The summed E-state index contributed by atoms with van der Waals surface area (Å²) in [5, 5.41) is 1.35. The van der Waals surface area contributed by atoms with E-state index >= 15 is 0 Å². The van der Waals surface area contributed by atoms with Crippen LogP contribution in [-0.2, 0) is 27.1 Å². The molecule has 5 aliphatic rings. The SMILES string of the molecule is CC(C)(C)c1ccc(N2c3cc4c(c5c3B(c3sc6cc7c(cc6c32)C(C)(C)CCC7(C)C)N2c3ccccc3C(c3ccccc3)(c3ccccc3)c3cccc-5c32)C(C)(C)c2ccccc2-4)c(-c2ccccc2)c1. The van der Waals surface area contributed by atoms with Crippen molar-refractivity contribution < 1.29 is 0 Å². The molecule has 0 amide bonds. The quantitative estimate of drug-likeness (QED) is 0.162. The van der Waals surface area contributed by atoms with E-state index in [0.717, 1.165) is 6.42 Å². The van der Waals surface area contributed by atoms with Crippen LogP contribution in [-0.4, -0.2) is 6.85 Å². The predicted molar refractivity (Wildman–Crippen MR) is 324 cm³/mol. The van der Waals surface area contributed by atoms with E-state index in [2.05, 4.69) is 266 Å². The van der Waals surface area contributed by atoms with Crippen LogP contribution in [0.5, 0.6) is 0 Å². The first kappa shape index (κ1) is 46.0. The lowest BCUT2D eigenvalue weighted by molar-refractivity contribution is 0.332. The highest BCUT2D eigenvalue weighted by Crippen LogP contribution is 2.64. The highest BCUT2D eigenvalue weighted by molar-refractivity contribution is 7.32. The fourth-order valence-electron chi connectivity index (χ4n) is 15.1. The Morgan fingerprint density at radius 3 is 1.75 bits per heavy atom. The van der Waals surface area contributed by atoms with Crippen LogP contribution in [0, 0.1) is 0 Å². The number of benzene rings is 9. The minimum atomic E-state index is -0.600. The summed E-state index contributed by atoms with van der Waals surface area (Å²) in [5.41, 5.74) is 27.2. The molecular weight excluding hydrogens is 936 g/mol. The van der Waals surface area contributed by atoms with Crippen molar-refractivity contribution in [2.45, 2.75) is 102 Å². The number of anilines is 5. The maximum atomic E-state index is 2.83. The smallest absolute Gasteiger partial charge is 0.343 e. The topological polar surface area (TPSA) is 6.48 Å². The lowest BCUT2D eigenvalue weighted by atomic mass is 9.44. The van der Waals surface area contributed by atoms with Gasteiger partial charge in [0.2, 0.25) is 0 Å². The number of rotatable bonds is 4. The van der Waals surface area contributed by atoms with E-state index in [1.807, 2.05) is 11.3 Å². The van der Waals surface area contributed by atoms with Gasteiger partial charge in [0.1, 0.15) is 0 Å². The van der Waals surface area contributed by atoms with Gasteiger partial charge in [-0.1, -0.05) is 220 Å². The molecule has 4 heteroatoms. The first-order chi connectivity index (χ1) is 36.6. The van der Waals surface area contributed by atoms with Gasteiger partial charge in [0.25, 0.3) is 0 Å². The largest absolute Gasteiger partial charge is 0.375 e. The van der Waals surface area contributed by atoms with E-state index in [1.165, 1.54) is 139 Å². The molecule has 9 aromatic carbocycles. The van der Waals surface area contributed by atoms with Gasteiger partial charge in [0.05, 0.1) is 16.8 Å². The van der Waals surface area contributed by atoms with Crippen molar-refractivity contribution in [1.82, 2.24) is 0 Å². The van der Waals surface area contributed by atoms with Crippen LogP contribution in [0.3, 0.4) is 0 Å². The molecule has 3 aliphatic heterocycles. The molecule has 2 nitrogen and oxygen atoms in total. The summed E-state index contributed by atoms with van der Waals surface area (Å²) in [4.78, 5) is 5.60. The second kappa shape index (κ2) is 15.6. The average Bonchev–Trinajstić information content (AvgIpc) is 4.06. The van der Waals surface area contributed by atoms with Crippen LogP contribution in [0.15, 0.2) is 194 Å². The molecule has 0 unspecified atom stereocenters. The van der Waals surface area contributed by atoms with Crippen molar-refractivity contribution in [2.24, 2.45) is 0 Å². The zero-order chi connectivity index (χ0) is 51.8. The van der Waals surface area contributed by atoms with Crippen LogP contribution in [0.25, 0.3) is 43.5 Å². The maximum Gasteiger partial charge on any atom is 0.343 e. The van der Waals surface area contributed by atoms with Crippen molar-refractivity contribution in [1.29, 1.82) is 0 Å². The van der Waals surface area contributed by atoms with Gasteiger partial charge in [-0.15, -0.1) is 11.3 Å². The van der Waals surface area contributed by atoms with Gasteiger partial charge in [0, 0.05) is 48.5 Å². The summed E-state index contributed by atoms with van der Waals surface area (Å²) < 4.78 is 2.77. The fraction of sp³-hybridized carbons (Fsp3) is 0.222. The molecule has 0 fully saturated rings. The third-order valence-corrected chi connectivity index (χ3v) is 20.1. The molecule has 10 aromatic rings. The van der Waals surface area contributed by atoms with Gasteiger partial charge in [-0.2, -0.15) is 0 Å². The zero-order valence-corrected chi connectivity index (χ0v) is 46.1. The number of hydrogen-bond acceptors (Lipinski definition) is 3. The van der Waals surface area contributed by atoms with Crippen LogP contribution < -0.4 is 20.0 Å². The molecule has 0 saturated carbocycles. The minimum Gasteiger partial charge on any atom is -0.375 e. The molecule has 370 valence electrons. The van der Waals surface area contributed by atoms with Crippen molar-refractivity contribution in [3.63, 3.8) is 0 Å². The van der Waals surface area contributed by atoms with Crippen molar-refractivity contribution >= 4 is 66.9 Å². The van der Waals surface area contributed by atoms with E-state index in [1.54, 1.807) is 0 Å². The minimum absolute atomic E-state index is 0.0286. The zero-order valence-electron chi connectivity index (χ0n) is 45.3. The van der Waals surface area contributed by atoms with Crippen LogP contribution >= 0.6 is 11.3 Å². The van der Waals surface area contributed by atoms with Crippen molar-refractivity contribution in [2.75, 3.05) is 9.71 Å². The van der Waals surface area contributed by atoms with Crippen molar-refractivity contribution in [3.8, 4) is 33.4 Å². The Hall–Kier alpha value is -7.40. The molecule has 1 aromatic heterocycles. The first-order valence-corrected chi connectivity index (χ1v) is 28.5. The second-order valence-electron chi connectivity index (χ2n) is 25.4. The Morgan fingerprint density at radius 1 is 0.474 bits per heavy atom. The van der Waals surface area contributed by atoms with Gasteiger partial charge < -0.3 is 9.71 Å². The van der Waals surface area contributed by atoms with Gasteiger partial charge in [-0.3, -0.25) is 0 Å². The highest BCUT2D eigenvalue weighted by atomic mass is 32.1. The van der Waals surface area contributed by atoms with E-state index in [0.29, 0.717) is 0 Å². The third kappa shape index (κ3) is 6.00. The maximum absolute atomic E-state index is 2.83. The standard InChI is InChI=1S/C72H63BN2S/c1-68(2,3)47-36-37-58(50(40-47)44-24-13-10-14-25-44)74-60-42-51-48-30-19-20-32-53(48)71(8,9)63(51)62-49-31-23-34-55-65(49)75(59-35-22-21-33-54(59)72(55,45-26-15-11-16-27-45)46-28-17-12-18-29-46)73(64(60)62)67-66(74)52-41-56-57(43-61(52)76-67)70(6,7)39-38-69(56,4)5/h10-37,40-43H,38-39H2,1-9H3. The molecule has 0 spiro atoms. The first-order valence-electron chi connectivity index (χ1n) is 27.7. The average molecular weight is 999 g/mol. The molecule has 0 N–H and O–H groups in total. The predicted octanol–water partition coefficient (Wildman–Crippen LogP) is 17.9. The highest BCUT2D eigenvalue weighted by Gasteiger charge is 2.56. The normalized spacial score (nSPS) is 17.2. The fourth-order valence-corrected chi connectivity index (χ4v) is 16.4. The number of thiophene rings is 1. The van der Waals surface area contributed by atoms with Gasteiger partial charge >= 0.3 is 6.85 Å². The Morgan fingerprint density at radius 2 is 1.07 bits per heavy atom. The van der Waals surface area contributed by atoms with Gasteiger partial charge in [-0.05, 0) is 143 Å². The number of nitrogens with zero attached hydrogens (tertiary/aromatic N) is 2. The van der Waals surface area contributed by atoms with E-state index in [-0.39, 0.29) is 28.5 Å². The Bertz CT molecular complexity index is 4040. The summed E-state index contributed by atoms with van der Waals surface area (Å²) in [5.74, 6) is 0. The molecule has 0 radical (unpaired) electrons. The molecular formula is C72H63BN2S. The molecule has 76 heavy (non-hydrogen) atoms. The summed E-state index contributed by atoms with van der Waals surface area (Å²) in [6.45, 7) is 21.8. The van der Waals surface area contributed by atoms with Gasteiger partial charge in [-0.25, -0.2) is 0 Å². The van der Waals surface area contributed by atoms with Crippen LogP contribution in [0.2, 0.25) is 0 Å². The summed E-state index contributed by atoms with van der Waals surface area (Å²) in [6.07, 6.45) is 2.33. The molecule has 2 aliphatic carbocycles. The van der Waals surface area contributed by atoms with E-state index < -0.39 is 5.41 Å². The summed E-state index contributed by atoms with van der Waals surface area (Å²) in [7, 11) is 0. The summed E-state index contributed by atoms with van der Waals surface area (Å²) >= 11 is 2.05.